The van der Waals surface area contributed by atoms with Crippen LogP contribution in [-0.4, -0.2) is 18.6 Å². The maximum absolute atomic E-state index is 12.5. The summed E-state index contributed by atoms with van der Waals surface area (Å²) >= 11 is 0. The number of hydrogen-bond acceptors (Lipinski definition) is 5. The highest BCUT2D eigenvalue weighted by atomic mass is 16.7. The first-order chi connectivity index (χ1) is 13.1. The molecule has 138 valence electrons. The number of fused-ring (bicyclic) bond motifs is 1. The molecule has 0 spiro atoms. The van der Waals surface area contributed by atoms with Gasteiger partial charge in [0.05, 0.1) is 5.69 Å². The Morgan fingerprint density at radius 2 is 2.00 bits per heavy atom. The number of rotatable bonds is 4. The van der Waals surface area contributed by atoms with Crippen LogP contribution >= 0.6 is 0 Å². The lowest BCUT2D eigenvalue weighted by Gasteiger charge is -2.29. The van der Waals surface area contributed by atoms with Gasteiger partial charge in [0, 0.05) is 13.0 Å². The van der Waals surface area contributed by atoms with Crippen LogP contribution in [0.3, 0.4) is 0 Å². The molecule has 0 fully saturated rings. The third-order valence-corrected chi connectivity index (χ3v) is 4.45. The van der Waals surface area contributed by atoms with Gasteiger partial charge in [-0.1, -0.05) is 24.3 Å². The van der Waals surface area contributed by atoms with Crippen LogP contribution in [0.1, 0.15) is 17.5 Å². The minimum absolute atomic E-state index is 0.114. The number of anilines is 1. The first kappa shape index (κ1) is 17.0. The number of carbonyl (C=O) groups excluding carboxylic acids is 2. The van der Waals surface area contributed by atoms with Gasteiger partial charge in [-0.15, -0.1) is 0 Å². The molecule has 0 aliphatic carbocycles. The van der Waals surface area contributed by atoms with Crippen LogP contribution in [0.5, 0.6) is 11.5 Å². The zero-order valence-corrected chi connectivity index (χ0v) is 14.8. The number of amides is 2. The Bertz CT molecular complexity index is 939. The SMILES string of the molecule is Cc1ccccc1N1NC(C(=O)NCc2ccc3c(c2)OCO3)=CCC1=O. The molecule has 2 aromatic rings. The van der Waals surface area contributed by atoms with Crippen LogP contribution < -0.4 is 25.2 Å². The Morgan fingerprint density at radius 1 is 1.19 bits per heavy atom. The Morgan fingerprint density at radius 3 is 2.85 bits per heavy atom. The lowest BCUT2D eigenvalue weighted by atomic mass is 10.1. The predicted molar refractivity (Wildman–Crippen MR) is 98.9 cm³/mol. The van der Waals surface area contributed by atoms with E-state index in [1.54, 1.807) is 6.08 Å². The summed E-state index contributed by atoms with van der Waals surface area (Å²) < 4.78 is 10.6. The van der Waals surface area contributed by atoms with Crippen LogP contribution in [0.15, 0.2) is 54.2 Å². The lowest BCUT2D eigenvalue weighted by Crippen LogP contribution is -2.49. The fraction of sp³-hybridized carbons (Fsp3) is 0.200. The summed E-state index contributed by atoms with van der Waals surface area (Å²) in [6.45, 7) is 2.47. The van der Waals surface area contributed by atoms with E-state index in [0.717, 1.165) is 16.8 Å². The zero-order chi connectivity index (χ0) is 18.8. The van der Waals surface area contributed by atoms with Crippen LogP contribution in [0.2, 0.25) is 0 Å². The van der Waals surface area contributed by atoms with E-state index in [9.17, 15) is 9.59 Å². The Labute approximate surface area is 156 Å². The van der Waals surface area contributed by atoms with Gasteiger partial charge < -0.3 is 14.8 Å². The van der Waals surface area contributed by atoms with Gasteiger partial charge in [0.2, 0.25) is 12.7 Å². The Hall–Kier alpha value is -3.48. The van der Waals surface area contributed by atoms with Crippen molar-refractivity contribution in [2.24, 2.45) is 0 Å². The first-order valence-corrected chi connectivity index (χ1v) is 8.64. The van der Waals surface area contributed by atoms with Crippen LogP contribution in [-0.2, 0) is 16.1 Å². The molecule has 0 radical (unpaired) electrons. The number of para-hydroxylation sites is 1. The van der Waals surface area contributed by atoms with Gasteiger partial charge in [0.25, 0.3) is 5.91 Å². The summed E-state index contributed by atoms with van der Waals surface area (Å²) in [5, 5.41) is 4.28. The molecular formula is C20H19N3O4. The minimum Gasteiger partial charge on any atom is -0.454 e. The second-order valence-electron chi connectivity index (χ2n) is 6.32. The molecule has 2 heterocycles. The molecule has 2 amide bonds. The Kier molecular flexibility index (Phi) is 4.42. The average Bonchev–Trinajstić information content (AvgIpc) is 3.15. The van der Waals surface area contributed by atoms with E-state index in [2.05, 4.69) is 10.7 Å². The van der Waals surface area contributed by atoms with Crippen molar-refractivity contribution in [1.82, 2.24) is 10.7 Å². The standard InChI is InChI=1S/C20H19N3O4/c1-13-4-2-3-5-16(13)23-19(24)9-7-15(22-23)20(25)21-11-14-6-8-17-18(10-14)27-12-26-17/h2-8,10,22H,9,11-12H2,1H3,(H,21,25). The van der Waals surface area contributed by atoms with Crippen molar-refractivity contribution < 1.29 is 19.1 Å². The molecule has 0 atom stereocenters. The van der Waals surface area contributed by atoms with Crippen LogP contribution in [0, 0.1) is 6.92 Å². The van der Waals surface area contributed by atoms with Gasteiger partial charge in [-0.05, 0) is 42.3 Å². The van der Waals surface area contributed by atoms with E-state index in [1.807, 2.05) is 49.4 Å². The maximum Gasteiger partial charge on any atom is 0.269 e. The molecule has 0 aromatic heterocycles. The summed E-state index contributed by atoms with van der Waals surface area (Å²) in [5.74, 6) is 0.984. The van der Waals surface area contributed by atoms with E-state index in [1.165, 1.54) is 5.01 Å². The number of carbonyl (C=O) groups is 2. The normalized spacial score (nSPS) is 15.2. The number of hydrogen-bond donors (Lipinski definition) is 2. The number of ether oxygens (including phenoxy) is 2. The topological polar surface area (TPSA) is 79.9 Å². The molecule has 7 heteroatoms. The van der Waals surface area contributed by atoms with Gasteiger partial charge in [0.15, 0.2) is 11.5 Å². The first-order valence-electron chi connectivity index (χ1n) is 8.64. The summed E-state index contributed by atoms with van der Waals surface area (Å²) in [4.78, 5) is 24.8. The molecule has 4 rings (SSSR count). The monoisotopic (exact) mass is 365 g/mol. The fourth-order valence-corrected chi connectivity index (χ4v) is 2.99. The van der Waals surface area contributed by atoms with Crippen molar-refractivity contribution in [1.29, 1.82) is 0 Å². The molecule has 2 aliphatic rings. The average molecular weight is 365 g/mol. The van der Waals surface area contributed by atoms with Gasteiger partial charge in [-0.3, -0.25) is 15.0 Å². The van der Waals surface area contributed by atoms with Crippen LogP contribution in [0.4, 0.5) is 5.69 Å². The highest BCUT2D eigenvalue weighted by molar-refractivity contribution is 6.01. The van der Waals surface area contributed by atoms with Crippen molar-refractivity contribution in [3.05, 3.63) is 65.4 Å². The summed E-state index contributed by atoms with van der Waals surface area (Å²) in [7, 11) is 0. The second kappa shape index (κ2) is 7.03. The third-order valence-electron chi connectivity index (χ3n) is 4.45. The van der Waals surface area contributed by atoms with Crippen molar-refractivity contribution in [3.63, 3.8) is 0 Å². The summed E-state index contributed by atoms with van der Waals surface area (Å²) in [5.41, 5.74) is 5.85. The lowest BCUT2D eigenvalue weighted by molar-refractivity contribution is -0.120. The summed E-state index contributed by atoms with van der Waals surface area (Å²) in [6, 6.07) is 13.1. The molecule has 2 aromatic carbocycles. The van der Waals surface area contributed by atoms with E-state index in [4.69, 9.17) is 9.47 Å². The Balaban J connectivity index is 1.43. The van der Waals surface area contributed by atoms with Crippen LogP contribution in [0.25, 0.3) is 0 Å². The van der Waals surface area contributed by atoms with E-state index in [0.29, 0.717) is 23.7 Å². The van der Waals surface area contributed by atoms with Gasteiger partial charge in [0.1, 0.15) is 5.70 Å². The minimum atomic E-state index is -0.279. The smallest absolute Gasteiger partial charge is 0.269 e. The van der Waals surface area contributed by atoms with E-state index < -0.39 is 0 Å². The number of benzene rings is 2. The van der Waals surface area contributed by atoms with Crippen molar-refractivity contribution in [2.75, 3.05) is 11.8 Å². The quantitative estimate of drug-likeness (QED) is 0.868. The summed E-state index contributed by atoms with van der Waals surface area (Å²) in [6.07, 6.45) is 1.76. The second-order valence-corrected chi connectivity index (χ2v) is 6.32. The highest BCUT2D eigenvalue weighted by Crippen LogP contribution is 2.32. The van der Waals surface area contributed by atoms with Gasteiger partial charge in [-0.25, -0.2) is 5.01 Å². The third kappa shape index (κ3) is 3.44. The molecule has 27 heavy (non-hydrogen) atoms. The van der Waals surface area contributed by atoms with Gasteiger partial charge in [-0.2, -0.15) is 0 Å². The fourth-order valence-electron chi connectivity index (χ4n) is 2.99. The zero-order valence-electron chi connectivity index (χ0n) is 14.8. The molecule has 2 N–H and O–H groups in total. The highest BCUT2D eigenvalue weighted by Gasteiger charge is 2.25. The van der Waals surface area contributed by atoms with Crippen molar-refractivity contribution >= 4 is 17.5 Å². The number of nitrogens with one attached hydrogen (secondary N) is 2. The van der Waals surface area contributed by atoms with Crippen molar-refractivity contribution in [3.8, 4) is 11.5 Å². The number of aryl methyl sites for hydroxylation is 1. The molecular weight excluding hydrogens is 346 g/mol. The van der Waals surface area contributed by atoms with Crippen molar-refractivity contribution in [2.45, 2.75) is 19.9 Å². The molecule has 2 aliphatic heterocycles. The number of nitrogens with zero attached hydrogens (tertiary/aromatic N) is 1. The molecule has 0 unspecified atom stereocenters. The largest absolute Gasteiger partial charge is 0.454 e. The molecule has 0 bridgehead atoms. The molecule has 0 saturated carbocycles. The van der Waals surface area contributed by atoms with E-state index in [-0.39, 0.29) is 25.0 Å². The molecule has 7 nitrogen and oxygen atoms in total. The maximum atomic E-state index is 12.5. The molecule has 0 saturated heterocycles. The number of hydrazine groups is 1. The van der Waals surface area contributed by atoms with Gasteiger partial charge >= 0.3 is 0 Å². The predicted octanol–water partition coefficient (Wildman–Crippen LogP) is 2.17. The van der Waals surface area contributed by atoms with E-state index >= 15 is 0 Å².